The van der Waals surface area contributed by atoms with Gasteiger partial charge in [-0.2, -0.15) is 0 Å². The number of ether oxygens (including phenoxy) is 1. The molecule has 3 nitrogen and oxygen atoms in total. The second-order valence-electron chi connectivity index (χ2n) is 3.76. The van der Waals surface area contributed by atoms with Crippen molar-refractivity contribution in [1.29, 1.82) is 0 Å². The van der Waals surface area contributed by atoms with Gasteiger partial charge < -0.3 is 9.72 Å². The highest BCUT2D eigenvalue weighted by molar-refractivity contribution is 7.98. The molecule has 0 unspecified atom stereocenters. The number of carbonyl (C=O) groups is 1. The van der Waals surface area contributed by atoms with Gasteiger partial charge >= 0.3 is 5.97 Å². The van der Waals surface area contributed by atoms with Crippen molar-refractivity contribution in [1.82, 2.24) is 4.98 Å². The number of thioether (sulfide) groups is 1. The van der Waals surface area contributed by atoms with Gasteiger partial charge in [0, 0.05) is 21.5 Å². The number of carbonyl (C=O) groups excluding carboxylic acids is 1. The third-order valence-electron chi connectivity index (χ3n) is 2.64. The summed E-state index contributed by atoms with van der Waals surface area (Å²) in [7, 11) is 0. The molecule has 2 aromatic rings. The molecule has 0 aliphatic heterocycles. The Kier molecular flexibility index (Phi) is 3.43. The highest BCUT2D eigenvalue weighted by atomic mass is 32.2. The maximum absolute atomic E-state index is 11.7. The van der Waals surface area contributed by atoms with Crippen molar-refractivity contribution in [3.05, 3.63) is 29.5 Å². The Labute approximate surface area is 105 Å². The highest BCUT2D eigenvalue weighted by Crippen LogP contribution is 2.30. The maximum atomic E-state index is 11.7. The topological polar surface area (TPSA) is 42.1 Å². The molecule has 0 saturated heterocycles. The van der Waals surface area contributed by atoms with Gasteiger partial charge in [-0.25, -0.2) is 4.79 Å². The van der Waals surface area contributed by atoms with E-state index >= 15 is 0 Å². The van der Waals surface area contributed by atoms with Crippen molar-refractivity contribution in [2.45, 2.75) is 18.7 Å². The van der Waals surface area contributed by atoms with E-state index in [4.69, 9.17) is 4.74 Å². The van der Waals surface area contributed by atoms with Crippen LogP contribution in [0.25, 0.3) is 10.9 Å². The van der Waals surface area contributed by atoms with Crippen LogP contribution < -0.4 is 0 Å². The lowest BCUT2D eigenvalue weighted by Gasteiger charge is -2.02. The molecule has 1 aromatic carbocycles. The first-order valence-electron chi connectivity index (χ1n) is 5.50. The van der Waals surface area contributed by atoms with Crippen molar-refractivity contribution in [2.75, 3.05) is 12.9 Å². The third kappa shape index (κ3) is 2.17. The Morgan fingerprint density at radius 3 is 2.88 bits per heavy atom. The van der Waals surface area contributed by atoms with Crippen molar-refractivity contribution >= 4 is 28.6 Å². The van der Waals surface area contributed by atoms with E-state index in [1.54, 1.807) is 17.8 Å². The zero-order valence-electron chi connectivity index (χ0n) is 10.2. The van der Waals surface area contributed by atoms with E-state index in [0.29, 0.717) is 12.2 Å². The molecule has 0 aliphatic carbocycles. The number of aromatic amines is 1. The monoisotopic (exact) mass is 249 g/mol. The Hall–Kier alpha value is -1.42. The minimum Gasteiger partial charge on any atom is -0.462 e. The van der Waals surface area contributed by atoms with E-state index in [-0.39, 0.29) is 5.97 Å². The molecule has 17 heavy (non-hydrogen) atoms. The van der Waals surface area contributed by atoms with Gasteiger partial charge in [-0.1, -0.05) is 0 Å². The summed E-state index contributed by atoms with van der Waals surface area (Å²) in [4.78, 5) is 16.1. The number of benzene rings is 1. The van der Waals surface area contributed by atoms with E-state index in [2.05, 4.69) is 4.98 Å². The minimum atomic E-state index is -0.264. The van der Waals surface area contributed by atoms with E-state index < -0.39 is 0 Å². The molecule has 0 radical (unpaired) electrons. The lowest BCUT2D eigenvalue weighted by molar-refractivity contribution is 0.0526. The first kappa shape index (κ1) is 12.0. The van der Waals surface area contributed by atoms with Crippen LogP contribution >= 0.6 is 11.8 Å². The van der Waals surface area contributed by atoms with Crippen LogP contribution in [0.3, 0.4) is 0 Å². The Morgan fingerprint density at radius 2 is 2.24 bits per heavy atom. The van der Waals surface area contributed by atoms with Crippen molar-refractivity contribution in [2.24, 2.45) is 0 Å². The predicted molar refractivity (Wildman–Crippen MR) is 70.8 cm³/mol. The van der Waals surface area contributed by atoms with E-state index in [1.807, 2.05) is 32.2 Å². The maximum Gasteiger partial charge on any atom is 0.338 e. The molecular formula is C13H15NO2S. The first-order chi connectivity index (χ1) is 8.17. The minimum absolute atomic E-state index is 0.264. The fraction of sp³-hybridized carbons (Fsp3) is 0.308. The van der Waals surface area contributed by atoms with Crippen molar-refractivity contribution < 1.29 is 9.53 Å². The zero-order chi connectivity index (χ0) is 12.4. The van der Waals surface area contributed by atoms with Gasteiger partial charge in [-0.15, -0.1) is 11.8 Å². The van der Waals surface area contributed by atoms with Gasteiger partial charge in [-0.3, -0.25) is 0 Å². The van der Waals surface area contributed by atoms with Gasteiger partial charge in [0.1, 0.15) is 0 Å². The molecular weight excluding hydrogens is 234 g/mol. The van der Waals surface area contributed by atoms with Gasteiger partial charge in [0.15, 0.2) is 0 Å². The van der Waals surface area contributed by atoms with Crippen LogP contribution in [0.1, 0.15) is 23.0 Å². The Morgan fingerprint density at radius 1 is 1.47 bits per heavy atom. The molecule has 1 aromatic heterocycles. The number of rotatable bonds is 3. The number of aryl methyl sites for hydroxylation is 1. The van der Waals surface area contributed by atoms with E-state index in [1.165, 1.54) is 4.90 Å². The molecule has 0 aliphatic rings. The van der Waals surface area contributed by atoms with E-state index in [0.717, 1.165) is 16.6 Å². The number of nitrogens with one attached hydrogen (secondary N) is 1. The molecule has 2 rings (SSSR count). The summed E-state index contributed by atoms with van der Waals surface area (Å²) in [5.41, 5.74) is 2.79. The smallest absolute Gasteiger partial charge is 0.338 e. The average Bonchev–Trinajstić information content (AvgIpc) is 2.63. The fourth-order valence-electron chi connectivity index (χ4n) is 1.91. The number of esters is 1. The van der Waals surface area contributed by atoms with Crippen LogP contribution in [-0.4, -0.2) is 23.8 Å². The summed E-state index contributed by atoms with van der Waals surface area (Å²) in [5.74, 6) is -0.264. The second kappa shape index (κ2) is 4.84. The van der Waals surface area contributed by atoms with Gasteiger partial charge in [0.25, 0.3) is 0 Å². The second-order valence-corrected chi connectivity index (χ2v) is 4.58. The normalized spacial score (nSPS) is 10.8. The van der Waals surface area contributed by atoms with Crippen LogP contribution in [0, 0.1) is 6.92 Å². The number of H-pyrrole nitrogens is 1. The van der Waals surface area contributed by atoms with Crippen LogP contribution in [-0.2, 0) is 4.74 Å². The molecule has 0 bridgehead atoms. The van der Waals surface area contributed by atoms with Crippen LogP contribution in [0.2, 0.25) is 0 Å². The largest absolute Gasteiger partial charge is 0.462 e. The predicted octanol–water partition coefficient (Wildman–Crippen LogP) is 3.37. The number of hydrogen-bond acceptors (Lipinski definition) is 3. The molecule has 0 fully saturated rings. The van der Waals surface area contributed by atoms with E-state index in [9.17, 15) is 4.79 Å². The average molecular weight is 249 g/mol. The van der Waals surface area contributed by atoms with Crippen LogP contribution in [0.4, 0.5) is 0 Å². The quantitative estimate of drug-likeness (QED) is 0.670. The molecule has 0 amide bonds. The summed E-state index contributed by atoms with van der Waals surface area (Å²) in [6, 6.07) is 5.61. The number of hydrogen-bond donors (Lipinski definition) is 1. The molecule has 0 saturated carbocycles. The standard InChI is InChI=1S/C13H15NO2S/c1-4-16-13(15)9-5-6-11-10(7-9)12(17-3)8(2)14-11/h5-7,14H,4H2,1-3H3. The summed E-state index contributed by atoms with van der Waals surface area (Å²) < 4.78 is 5.00. The molecule has 90 valence electrons. The summed E-state index contributed by atoms with van der Waals surface area (Å²) in [6.07, 6.45) is 2.03. The Bertz CT molecular complexity index is 560. The highest BCUT2D eigenvalue weighted by Gasteiger charge is 2.11. The fourth-order valence-corrected chi connectivity index (χ4v) is 2.65. The van der Waals surface area contributed by atoms with Crippen LogP contribution in [0.15, 0.2) is 23.1 Å². The van der Waals surface area contributed by atoms with Gasteiger partial charge in [0.2, 0.25) is 0 Å². The van der Waals surface area contributed by atoms with Crippen LogP contribution in [0.5, 0.6) is 0 Å². The summed E-state index contributed by atoms with van der Waals surface area (Å²) in [5, 5.41) is 1.08. The Balaban J connectivity index is 2.52. The molecule has 0 atom stereocenters. The third-order valence-corrected chi connectivity index (χ3v) is 3.58. The van der Waals surface area contributed by atoms with Gasteiger partial charge in [-0.05, 0) is 38.3 Å². The molecule has 1 N–H and O–H groups in total. The van der Waals surface area contributed by atoms with Crippen molar-refractivity contribution in [3.63, 3.8) is 0 Å². The SMILES string of the molecule is CCOC(=O)c1ccc2[nH]c(C)c(SC)c2c1. The lowest BCUT2D eigenvalue weighted by atomic mass is 10.1. The molecule has 1 heterocycles. The molecule has 4 heteroatoms. The summed E-state index contributed by atoms with van der Waals surface area (Å²) in [6.45, 7) is 4.25. The number of fused-ring (bicyclic) bond motifs is 1. The van der Waals surface area contributed by atoms with Gasteiger partial charge in [0.05, 0.1) is 12.2 Å². The summed E-state index contributed by atoms with van der Waals surface area (Å²) >= 11 is 1.68. The lowest BCUT2D eigenvalue weighted by Crippen LogP contribution is -2.03. The number of aromatic nitrogens is 1. The zero-order valence-corrected chi connectivity index (χ0v) is 11.0. The first-order valence-corrected chi connectivity index (χ1v) is 6.73. The van der Waals surface area contributed by atoms with Crippen molar-refractivity contribution in [3.8, 4) is 0 Å². The molecule has 0 spiro atoms.